The molecule has 1 aliphatic heterocycles. The van der Waals surface area contributed by atoms with Gasteiger partial charge >= 0.3 is 0 Å². The molecule has 0 unspecified atom stereocenters. The molecule has 3 aromatic carbocycles. The van der Waals surface area contributed by atoms with Crippen LogP contribution in [0.5, 0.6) is 28.7 Å². The average Bonchev–Trinajstić information content (AvgIpc) is 3.08. The monoisotopic (exact) mass is 538 g/mol. The number of rotatable bonds is 9. The third-order valence-corrected chi connectivity index (χ3v) is 7.45. The summed E-state index contributed by atoms with van der Waals surface area (Å²) in [6, 6.07) is 16.4. The normalized spacial score (nSPS) is 14.7. The van der Waals surface area contributed by atoms with Crippen molar-refractivity contribution in [3.05, 3.63) is 60.2 Å². The quantitative estimate of drug-likeness (QED) is 0.410. The number of carbonyl (C=O) groups is 2. The highest BCUT2D eigenvalue weighted by Crippen LogP contribution is 2.49. The number of fused-ring (bicyclic) bond motifs is 1. The number of hydrogen-bond acceptors (Lipinski definition) is 8. The molecule has 1 atom stereocenters. The summed E-state index contributed by atoms with van der Waals surface area (Å²) in [5, 5.41) is 2.61. The number of benzene rings is 3. The van der Waals surface area contributed by atoms with E-state index in [0.717, 1.165) is 10.5 Å². The average molecular weight is 539 g/mol. The molecule has 0 radical (unpaired) electrons. The second-order valence-corrected chi connectivity index (χ2v) is 9.58. The van der Waals surface area contributed by atoms with Gasteiger partial charge < -0.3 is 33.9 Å². The van der Waals surface area contributed by atoms with Crippen molar-refractivity contribution in [1.82, 2.24) is 0 Å². The highest BCUT2D eigenvalue weighted by atomic mass is 32.2. The molecule has 4 rings (SSSR count). The smallest absolute Gasteiger partial charge is 0.244 e. The molecule has 1 N–H and O–H groups in total. The molecule has 0 bridgehead atoms. The van der Waals surface area contributed by atoms with Crippen LogP contribution >= 0.6 is 11.8 Å². The number of para-hydroxylation sites is 1. The molecule has 0 fully saturated rings. The molecule has 0 saturated heterocycles. The molecule has 9 nitrogen and oxygen atoms in total. The van der Waals surface area contributed by atoms with E-state index in [1.165, 1.54) is 12.0 Å². The topological polar surface area (TPSA) is 95.6 Å². The zero-order valence-electron chi connectivity index (χ0n) is 21.9. The molecule has 1 aliphatic rings. The van der Waals surface area contributed by atoms with Crippen LogP contribution in [-0.4, -0.2) is 53.9 Å². The minimum absolute atomic E-state index is 0.159. The fraction of sp³-hybridized carbons (Fsp3) is 0.286. The lowest BCUT2D eigenvalue weighted by molar-refractivity contribution is -0.121. The Labute approximate surface area is 226 Å². The van der Waals surface area contributed by atoms with Crippen molar-refractivity contribution >= 4 is 35.0 Å². The fourth-order valence-electron chi connectivity index (χ4n) is 4.26. The van der Waals surface area contributed by atoms with Crippen LogP contribution in [0.25, 0.3) is 0 Å². The Morgan fingerprint density at radius 3 is 2.21 bits per heavy atom. The van der Waals surface area contributed by atoms with Gasteiger partial charge in [0.1, 0.15) is 18.0 Å². The van der Waals surface area contributed by atoms with Gasteiger partial charge in [0.15, 0.2) is 11.5 Å². The van der Waals surface area contributed by atoms with Gasteiger partial charge in [-0.1, -0.05) is 12.1 Å². The predicted molar refractivity (Wildman–Crippen MR) is 146 cm³/mol. The number of nitrogens with one attached hydrogen (secondary N) is 1. The van der Waals surface area contributed by atoms with Crippen LogP contribution in [0.15, 0.2) is 59.5 Å². The Morgan fingerprint density at radius 1 is 0.895 bits per heavy atom. The molecule has 3 aromatic rings. The Balaban J connectivity index is 1.62. The maximum atomic E-state index is 13.6. The van der Waals surface area contributed by atoms with E-state index >= 15 is 0 Å². The number of nitrogens with zero attached hydrogens (tertiary/aromatic N) is 1. The number of anilines is 2. The molecule has 10 heteroatoms. The minimum atomic E-state index is -0.354. The summed E-state index contributed by atoms with van der Waals surface area (Å²) >= 11 is 1.55. The van der Waals surface area contributed by atoms with E-state index in [2.05, 4.69) is 5.32 Å². The number of hydrogen-bond donors (Lipinski definition) is 1. The van der Waals surface area contributed by atoms with Crippen LogP contribution in [-0.2, 0) is 9.59 Å². The molecule has 0 aromatic heterocycles. The maximum Gasteiger partial charge on any atom is 0.244 e. The van der Waals surface area contributed by atoms with E-state index < -0.39 is 0 Å². The van der Waals surface area contributed by atoms with Crippen LogP contribution in [0.1, 0.15) is 17.2 Å². The second kappa shape index (κ2) is 12.0. The number of ether oxygens (including phenoxy) is 5. The van der Waals surface area contributed by atoms with Crippen molar-refractivity contribution in [2.75, 3.05) is 52.3 Å². The highest BCUT2D eigenvalue weighted by molar-refractivity contribution is 7.99. The zero-order chi connectivity index (χ0) is 27.2. The molecule has 1 heterocycles. The standard InChI is InChI=1S/C28H30N2O7S/c1-33-18-10-11-19(21(14-18)34-2)29-26(31)16-30-20-8-6-7-9-24(20)38-25(15-27(30)32)17-12-22(35-3)28(37-5)23(13-17)36-4/h6-14,25H,15-16H2,1-5H3,(H,29,31)/t25-/m0/s1. The Bertz CT molecular complexity index is 1310. The largest absolute Gasteiger partial charge is 0.497 e. The molecule has 38 heavy (non-hydrogen) atoms. The summed E-state index contributed by atoms with van der Waals surface area (Å²) in [6.45, 7) is -0.159. The first-order chi connectivity index (χ1) is 18.4. The first kappa shape index (κ1) is 27.0. The molecule has 0 aliphatic carbocycles. The molecule has 0 spiro atoms. The Kier molecular flexibility index (Phi) is 8.52. The third kappa shape index (κ3) is 5.60. The van der Waals surface area contributed by atoms with E-state index in [1.807, 2.05) is 36.4 Å². The van der Waals surface area contributed by atoms with Crippen molar-refractivity contribution < 1.29 is 33.3 Å². The van der Waals surface area contributed by atoms with Gasteiger partial charge in [-0.05, 0) is 42.0 Å². The lowest BCUT2D eigenvalue weighted by Crippen LogP contribution is -2.38. The first-order valence-electron chi connectivity index (χ1n) is 11.8. The summed E-state index contributed by atoms with van der Waals surface area (Å²) in [7, 11) is 7.73. The number of thioether (sulfide) groups is 1. The van der Waals surface area contributed by atoms with Crippen LogP contribution in [0.4, 0.5) is 11.4 Å². The lowest BCUT2D eigenvalue weighted by atomic mass is 10.1. The van der Waals surface area contributed by atoms with Crippen molar-refractivity contribution in [3.63, 3.8) is 0 Å². The summed E-state index contributed by atoms with van der Waals surface area (Å²) in [6.07, 6.45) is 0.164. The van der Waals surface area contributed by atoms with Gasteiger partial charge in [0.25, 0.3) is 0 Å². The van der Waals surface area contributed by atoms with Gasteiger partial charge in [0.2, 0.25) is 17.6 Å². The maximum absolute atomic E-state index is 13.6. The van der Waals surface area contributed by atoms with E-state index in [0.29, 0.717) is 40.1 Å². The van der Waals surface area contributed by atoms with Gasteiger partial charge in [-0.2, -0.15) is 0 Å². The Hall–Kier alpha value is -4.05. The van der Waals surface area contributed by atoms with Crippen LogP contribution in [0, 0.1) is 0 Å². The van der Waals surface area contributed by atoms with E-state index in [1.54, 1.807) is 58.4 Å². The Morgan fingerprint density at radius 2 is 1.58 bits per heavy atom. The second-order valence-electron chi connectivity index (χ2n) is 8.33. The van der Waals surface area contributed by atoms with E-state index in [-0.39, 0.29) is 30.0 Å². The van der Waals surface area contributed by atoms with E-state index in [9.17, 15) is 9.59 Å². The highest BCUT2D eigenvalue weighted by Gasteiger charge is 2.31. The van der Waals surface area contributed by atoms with Crippen LogP contribution in [0.2, 0.25) is 0 Å². The van der Waals surface area contributed by atoms with Crippen LogP contribution in [0.3, 0.4) is 0 Å². The van der Waals surface area contributed by atoms with Crippen molar-refractivity contribution in [1.29, 1.82) is 0 Å². The fourth-order valence-corrected chi connectivity index (χ4v) is 5.52. The van der Waals surface area contributed by atoms with Crippen LogP contribution < -0.4 is 33.9 Å². The lowest BCUT2D eigenvalue weighted by Gasteiger charge is -2.22. The predicted octanol–water partition coefficient (Wildman–Crippen LogP) is 4.94. The van der Waals surface area contributed by atoms with Gasteiger partial charge in [-0.3, -0.25) is 9.59 Å². The van der Waals surface area contributed by atoms with Crippen molar-refractivity contribution in [2.24, 2.45) is 0 Å². The molecule has 2 amide bonds. The van der Waals surface area contributed by atoms with Gasteiger partial charge in [-0.25, -0.2) is 0 Å². The SMILES string of the molecule is COc1ccc(NC(=O)CN2C(=O)C[C@@H](c3cc(OC)c(OC)c(OC)c3)Sc3ccccc32)c(OC)c1. The summed E-state index contributed by atoms with van der Waals surface area (Å²) in [5.74, 6) is 2.03. The minimum Gasteiger partial charge on any atom is -0.497 e. The number of carbonyl (C=O) groups excluding carboxylic acids is 2. The van der Waals surface area contributed by atoms with Crippen molar-refractivity contribution in [2.45, 2.75) is 16.6 Å². The molecular formula is C28H30N2O7S. The van der Waals surface area contributed by atoms with E-state index in [4.69, 9.17) is 23.7 Å². The molecule has 0 saturated carbocycles. The summed E-state index contributed by atoms with van der Waals surface area (Å²) in [4.78, 5) is 29.1. The molecular weight excluding hydrogens is 508 g/mol. The van der Waals surface area contributed by atoms with Gasteiger partial charge in [-0.15, -0.1) is 11.8 Å². The zero-order valence-corrected chi connectivity index (χ0v) is 22.7. The summed E-state index contributed by atoms with van der Waals surface area (Å²) < 4.78 is 27.1. The third-order valence-electron chi connectivity index (χ3n) is 6.13. The number of amides is 2. The van der Waals surface area contributed by atoms with Crippen molar-refractivity contribution in [3.8, 4) is 28.7 Å². The first-order valence-corrected chi connectivity index (χ1v) is 12.7. The van der Waals surface area contributed by atoms with Gasteiger partial charge in [0, 0.05) is 22.6 Å². The van der Waals surface area contributed by atoms with Gasteiger partial charge in [0.05, 0.1) is 46.9 Å². The molecule has 200 valence electrons. The number of methoxy groups -OCH3 is 5. The summed E-state index contributed by atoms with van der Waals surface area (Å²) in [5.41, 5.74) is 2.01.